The number of benzene rings is 1. The fraction of sp³-hybridized carbons (Fsp3) is 0.412. The van der Waals surface area contributed by atoms with E-state index < -0.39 is 0 Å². The molecule has 23 heavy (non-hydrogen) atoms. The fourth-order valence-electron chi connectivity index (χ4n) is 2.77. The van der Waals surface area contributed by atoms with Crippen LogP contribution in [-0.4, -0.2) is 24.6 Å². The van der Waals surface area contributed by atoms with E-state index in [0.717, 1.165) is 32.6 Å². The van der Waals surface area contributed by atoms with Gasteiger partial charge in [-0.3, -0.25) is 4.79 Å². The van der Waals surface area contributed by atoms with E-state index in [9.17, 15) is 4.79 Å². The molecular formula is C17H20N2O3S. The second kappa shape index (κ2) is 6.58. The van der Waals surface area contributed by atoms with Crippen molar-refractivity contribution in [1.82, 2.24) is 10.3 Å². The summed E-state index contributed by atoms with van der Waals surface area (Å²) in [5.41, 5.74) is 2.00. The lowest BCUT2D eigenvalue weighted by atomic mass is 9.95. The zero-order chi connectivity index (χ0) is 16.4. The quantitative estimate of drug-likeness (QED) is 0.935. The van der Waals surface area contributed by atoms with Crippen LogP contribution in [0.2, 0.25) is 0 Å². The Hall–Kier alpha value is -2.08. The lowest BCUT2D eigenvalue weighted by Crippen LogP contribution is -2.37. The first-order chi connectivity index (χ1) is 11.1. The molecular weight excluding hydrogens is 312 g/mol. The van der Waals surface area contributed by atoms with Gasteiger partial charge in [0, 0.05) is 4.88 Å². The number of carbonyl (C=O) groups is 1. The molecule has 1 N–H and O–H groups in total. The molecule has 2 heterocycles. The Morgan fingerprint density at radius 2 is 2.30 bits per heavy atom. The molecule has 0 unspecified atom stereocenters. The lowest BCUT2D eigenvalue weighted by molar-refractivity contribution is -0.126. The number of aromatic nitrogens is 1. The van der Waals surface area contributed by atoms with E-state index >= 15 is 0 Å². The number of aryl methyl sites for hydroxylation is 2. The third kappa shape index (κ3) is 3.32. The van der Waals surface area contributed by atoms with Crippen molar-refractivity contribution in [2.24, 2.45) is 5.92 Å². The number of methoxy groups -OCH3 is 1. The molecule has 1 atom stereocenters. The van der Waals surface area contributed by atoms with Crippen LogP contribution in [0.4, 0.5) is 0 Å². The first kappa shape index (κ1) is 15.8. The summed E-state index contributed by atoms with van der Waals surface area (Å²) >= 11 is 1.62. The van der Waals surface area contributed by atoms with Crippen molar-refractivity contribution in [3.8, 4) is 11.5 Å². The first-order valence-electron chi connectivity index (χ1n) is 7.57. The summed E-state index contributed by atoms with van der Waals surface area (Å²) in [5.74, 6) is 1.32. The highest BCUT2D eigenvalue weighted by molar-refractivity contribution is 7.11. The predicted octanol–water partition coefficient (Wildman–Crippen LogP) is 2.64. The number of ether oxygens (including phenoxy) is 2. The van der Waals surface area contributed by atoms with Gasteiger partial charge in [0.15, 0.2) is 11.5 Å². The Balaban J connectivity index is 1.64. The van der Waals surface area contributed by atoms with Gasteiger partial charge in [0.1, 0.15) is 6.61 Å². The Morgan fingerprint density at radius 3 is 3.00 bits per heavy atom. The van der Waals surface area contributed by atoms with Gasteiger partial charge in [0.2, 0.25) is 5.91 Å². The lowest BCUT2D eigenvalue weighted by Gasteiger charge is -2.25. The summed E-state index contributed by atoms with van der Waals surface area (Å²) in [5, 5.41) is 4.02. The number of thiazole rings is 1. The summed E-state index contributed by atoms with van der Waals surface area (Å²) in [4.78, 5) is 17.9. The topological polar surface area (TPSA) is 60.5 Å². The molecule has 0 saturated carbocycles. The van der Waals surface area contributed by atoms with Gasteiger partial charge in [0.25, 0.3) is 0 Å². The average molecular weight is 332 g/mol. The van der Waals surface area contributed by atoms with Crippen LogP contribution in [0.25, 0.3) is 0 Å². The fourth-order valence-corrected chi connectivity index (χ4v) is 3.65. The molecule has 6 heteroatoms. The number of rotatable bonds is 4. The van der Waals surface area contributed by atoms with Crippen molar-refractivity contribution >= 4 is 17.2 Å². The predicted molar refractivity (Wildman–Crippen MR) is 89.1 cm³/mol. The average Bonchev–Trinajstić information content (AvgIpc) is 2.89. The third-order valence-corrected chi connectivity index (χ3v) is 5.04. The molecule has 0 bridgehead atoms. The van der Waals surface area contributed by atoms with Crippen LogP contribution in [-0.2, 0) is 17.8 Å². The molecule has 2 aromatic rings. The van der Waals surface area contributed by atoms with Crippen LogP contribution in [0.3, 0.4) is 0 Å². The SMILES string of the molecule is COc1cccc2c1OC[C@H](C(=O)NCc1sc(C)nc1C)C2. The van der Waals surface area contributed by atoms with Crippen molar-refractivity contribution < 1.29 is 14.3 Å². The summed E-state index contributed by atoms with van der Waals surface area (Å²) in [6.07, 6.45) is 0.666. The van der Waals surface area contributed by atoms with E-state index in [1.807, 2.05) is 32.0 Å². The van der Waals surface area contributed by atoms with E-state index in [-0.39, 0.29) is 11.8 Å². The second-order valence-electron chi connectivity index (χ2n) is 5.62. The molecule has 122 valence electrons. The maximum absolute atomic E-state index is 12.4. The van der Waals surface area contributed by atoms with Crippen LogP contribution in [0.5, 0.6) is 11.5 Å². The molecule has 5 nitrogen and oxygen atoms in total. The maximum Gasteiger partial charge on any atom is 0.227 e. The minimum absolute atomic E-state index is 0.0175. The van der Waals surface area contributed by atoms with Crippen molar-refractivity contribution in [2.75, 3.05) is 13.7 Å². The van der Waals surface area contributed by atoms with Crippen LogP contribution in [0.1, 0.15) is 21.1 Å². The summed E-state index contributed by atoms with van der Waals surface area (Å²) in [6.45, 7) is 4.84. The molecule has 0 aliphatic carbocycles. The van der Waals surface area contributed by atoms with Gasteiger partial charge in [-0.25, -0.2) is 4.98 Å². The van der Waals surface area contributed by atoms with Gasteiger partial charge in [-0.1, -0.05) is 12.1 Å². The molecule has 1 aliphatic rings. The standard InChI is InChI=1S/C17H20N2O3S/c1-10-15(23-11(2)19-10)8-18-17(20)13-7-12-5-4-6-14(21-3)16(12)22-9-13/h4-6,13H,7-9H2,1-3H3,(H,18,20)/t13-/m1/s1. The highest BCUT2D eigenvalue weighted by Crippen LogP contribution is 2.36. The van der Waals surface area contributed by atoms with E-state index in [1.54, 1.807) is 18.4 Å². The Kier molecular flexibility index (Phi) is 4.52. The van der Waals surface area contributed by atoms with Gasteiger partial charge in [0.05, 0.1) is 30.3 Å². The van der Waals surface area contributed by atoms with E-state index in [1.165, 1.54) is 0 Å². The van der Waals surface area contributed by atoms with Crippen molar-refractivity contribution in [2.45, 2.75) is 26.8 Å². The number of amides is 1. The Morgan fingerprint density at radius 1 is 1.48 bits per heavy atom. The summed E-state index contributed by atoms with van der Waals surface area (Å²) < 4.78 is 11.1. The van der Waals surface area contributed by atoms with Crippen LogP contribution in [0.15, 0.2) is 18.2 Å². The summed E-state index contributed by atoms with van der Waals surface area (Å²) in [7, 11) is 1.62. The molecule has 3 rings (SSSR count). The number of hydrogen-bond acceptors (Lipinski definition) is 5. The van der Waals surface area contributed by atoms with Gasteiger partial charge in [-0.15, -0.1) is 11.3 Å². The molecule has 0 saturated heterocycles. The van der Waals surface area contributed by atoms with Gasteiger partial charge in [-0.2, -0.15) is 0 Å². The number of carbonyl (C=O) groups excluding carboxylic acids is 1. The zero-order valence-electron chi connectivity index (χ0n) is 13.5. The van der Waals surface area contributed by atoms with Gasteiger partial charge < -0.3 is 14.8 Å². The largest absolute Gasteiger partial charge is 0.493 e. The monoisotopic (exact) mass is 332 g/mol. The molecule has 1 aromatic heterocycles. The molecule has 0 spiro atoms. The molecule has 0 fully saturated rings. The molecule has 1 amide bonds. The third-order valence-electron chi connectivity index (χ3n) is 3.97. The number of hydrogen-bond donors (Lipinski definition) is 1. The minimum atomic E-state index is -0.177. The van der Waals surface area contributed by atoms with Crippen molar-refractivity contribution in [3.63, 3.8) is 0 Å². The smallest absolute Gasteiger partial charge is 0.227 e. The number of para-hydroxylation sites is 1. The van der Waals surface area contributed by atoms with E-state index in [4.69, 9.17) is 9.47 Å². The summed E-state index contributed by atoms with van der Waals surface area (Å²) in [6, 6.07) is 5.77. The molecule has 0 radical (unpaired) electrons. The van der Waals surface area contributed by atoms with Gasteiger partial charge in [-0.05, 0) is 31.9 Å². The first-order valence-corrected chi connectivity index (χ1v) is 8.39. The van der Waals surface area contributed by atoms with Crippen LogP contribution >= 0.6 is 11.3 Å². The Labute approximate surface area is 139 Å². The highest BCUT2D eigenvalue weighted by Gasteiger charge is 2.27. The Bertz CT molecular complexity index is 727. The van der Waals surface area contributed by atoms with Gasteiger partial charge >= 0.3 is 0 Å². The zero-order valence-corrected chi connectivity index (χ0v) is 14.3. The van der Waals surface area contributed by atoms with E-state index in [0.29, 0.717) is 19.6 Å². The normalized spacial score (nSPS) is 16.4. The number of fused-ring (bicyclic) bond motifs is 1. The van der Waals surface area contributed by atoms with Crippen LogP contribution < -0.4 is 14.8 Å². The number of nitrogens with one attached hydrogen (secondary N) is 1. The highest BCUT2D eigenvalue weighted by atomic mass is 32.1. The molecule has 1 aromatic carbocycles. The van der Waals surface area contributed by atoms with E-state index in [2.05, 4.69) is 10.3 Å². The van der Waals surface area contributed by atoms with Crippen molar-refractivity contribution in [3.05, 3.63) is 39.3 Å². The number of nitrogens with zero attached hydrogens (tertiary/aromatic N) is 1. The maximum atomic E-state index is 12.4. The minimum Gasteiger partial charge on any atom is -0.493 e. The second-order valence-corrected chi connectivity index (χ2v) is 6.91. The van der Waals surface area contributed by atoms with Crippen LogP contribution in [0, 0.1) is 19.8 Å². The molecule has 1 aliphatic heterocycles. The van der Waals surface area contributed by atoms with Crippen molar-refractivity contribution in [1.29, 1.82) is 0 Å².